The Morgan fingerprint density at radius 1 is 1.11 bits per heavy atom. The predicted octanol–water partition coefficient (Wildman–Crippen LogP) is 2.73. The Hall–Kier alpha value is -2.83. The van der Waals surface area contributed by atoms with Crippen molar-refractivity contribution in [3.05, 3.63) is 57.9 Å². The van der Waals surface area contributed by atoms with E-state index in [-0.39, 0.29) is 29.6 Å². The Balaban J connectivity index is 2.33. The van der Waals surface area contributed by atoms with Crippen LogP contribution < -0.4 is 16.1 Å². The highest BCUT2D eigenvalue weighted by atomic mass is 16.3. The van der Waals surface area contributed by atoms with E-state index in [1.165, 1.54) is 18.7 Å². The Bertz CT molecular complexity index is 837. The maximum atomic E-state index is 12.8. The van der Waals surface area contributed by atoms with Crippen LogP contribution in [0, 0.1) is 5.92 Å². The van der Waals surface area contributed by atoms with Crippen LogP contribution in [-0.2, 0) is 6.54 Å². The molecule has 0 bridgehead atoms. The molecule has 2 rings (SSSR count). The molecule has 27 heavy (non-hydrogen) atoms. The Morgan fingerprint density at radius 2 is 1.74 bits per heavy atom. The normalized spacial score (nSPS) is 12.0. The highest BCUT2D eigenvalue weighted by Gasteiger charge is 2.20. The summed E-state index contributed by atoms with van der Waals surface area (Å²) in [4.78, 5) is 37.8. The lowest BCUT2D eigenvalue weighted by Gasteiger charge is -2.17. The average Bonchev–Trinajstić information content (AvgIpc) is 3.17. The quantitative estimate of drug-likeness (QED) is 0.744. The highest BCUT2D eigenvalue weighted by Crippen LogP contribution is 2.12. The number of hydrogen-bond donors (Lipinski definition) is 2. The summed E-state index contributed by atoms with van der Waals surface area (Å²) in [5.74, 6) is -0.166. The number of furan rings is 1. The number of pyridine rings is 1. The molecule has 1 atom stereocenters. The summed E-state index contributed by atoms with van der Waals surface area (Å²) in [5, 5.41) is 5.41. The average molecular weight is 373 g/mol. The molecule has 0 unspecified atom stereocenters. The second-order valence-corrected chi connectivity index (χ2v) is 6.99. The highest BCUT2D eigenvalue weighted by molar-refractivity contribution is 5.99. The molecule has 0 aliphatic rings. The minimum atomic E-state index is -0.576. The van der Waals surface area contributed by atoms with Crippen molar-refractivity contribution >= 4 is 11.8 Å². The van der Waals surface area contributed by atoms with Crippen molar-refractivity contribution in [1.82, 2.24) is 15.2 Å². The predicted molar refractivity (Wildman–Crippen MR) is 103 cm³/mol. The molecule has 2 heterocycles. The van der Waals surface area contributed by atoms with Crippen LogP contribution in [0.25, 0.3) is 0 Å². The molecule has 146 valence electrons. The zero-order chi connectivity index (χ0) is 20.0. The van der Waals surface area contributed by atoms with Crippen LogP contribution in [-0.4, -0.2) is 22.9 Å². The zero-order valence-electron chi connectivity index (χ0n) is 16.2. The lowest BCUT2D eigenvalue weighted by Crippen LogP contribution is -2.36. The van der Waals surface area contributed by atoms with Crippen LogP contribution in [0.4, 0.5) is 0 Å². The van der Waals surface area contributed by atoms with Crippen molar-refractivity contribution < 1.29 is 14.0 Å². The fourth-order valence-corrected chi connectivity index (χ4v) is 2.45. The van der Waals surface area contributed by atoms with Crippen molar-refractivity contribution in [2.75, 3.05) is 6.54 Å². The van der Waals surface area contributed by atoms with Crippen LogP contribution in [0.1, 0.15) is 66.6 Å². The number of aromatic nitrogens is 1. The molecule has 0 radical (unpaired) electrons. The summed E-state index contributed by atoms with van der Waals surface area (Å²) < 4.78 is 6.93. The largest absolute Gasteiger partial charge is 0.467 e. The van der Waals surface area contributed by atoms with E-state index in [4.69, 9.17) is 4.42 Å². The standard InChI is InChI=1S/C20H27N3O4/c1-5-14(4)23-11-16(19(25)21-9-13(2)3)18(24)17(12-23)20(26)22-10-15-7-6-8-27-15/h6-8,11-14H,5,9-10H2,1-4H3,(H,21,25)(H,22,26)/t14-/m1/s1. The first-order valence-electron chi connectivity index (χ1n) is 9.18. The van der Waals surface area contributed by atoms with Gasteiger partial charge in [0, 0.05) is 25.0 Å². The van der Waals surface area contributed by atoms with Gasteiger partial charge in [0.1, 0.15) is 16.9 Å². The van der Waals surface area contributed by atoms with Crippen molar-refractivity contribution in [2.24, 2.45) is 5.92 Å². The Labute approximate surface area is 158 Å². The van der Waals surface area contributed by atoms with Crippen LogP contribution in [0.5, 0.6) is 0 Å². The van der Waals surface area contributed by atoms with E-state index in [9.17, 15) is 14.4 Å². The molecule has 7 nitrogen and oxygen atoms in total. The van der Waals surface area contributed by atoms with Gasteiger partial charge in [0.25, 0.3) is 11.8 Å². The third kappa shape index (κ3) is 5.32. The van der Waals surface area contributed by atoms with E-state index in [2.05, 4.69) is 10.6 Å². The van der Waals surface area contributed by atoms with Gasteiger partial charge in [-0.1, -0.05) is 20.8 Å². The molecule has 2 aromatic heterocycles. The summed E-state index contributed by atoms with van der Waals surface area (Å²) in [5.41, 5.74) is -0.659. The third-order valence-corrected chi connectivity index (χ3v) is 4.31. The van der Waals surface area contributed by atoms with Gasteiger partial charge in [-0.2, -0.15) is 0 Å². The van der Waals surface area contributed by atoms with Crippen molar-refractivity contribution in [2.45, 2.75) is 46.7 Å². The maximum absolute atomic E-state index is 12.8. The van der Waals surface area contributed by atoms with Gasteiger partial charge in [-0.15, -0.1) is 0 Å². The van der Waals surface area contributed by atoms with Gasteiger partial charge in [-0.25, -0.2) is 0 Å². The molecular weight excluding hydrogens is 346 g/mol. The van der Waals surface area contributed by atoms with Crippen molar-refractivity contribution in [3.8, 4) is 0 Å². The summed E-state index contributed by atoms with van der Waals surface area (Å²) in [6, 6.07) is 3.49. The molecule has 0 aliphatic heterocycles. The molecule has 2 amide bonds. The number of nitrogens with one attached hydrogen (secondary N) is 2. The molecule has 2 N–H and O–H groups in total. The fraction of sp³-hybridized carbons (Fsp3) is 0.450. The minimum absolute atomic E-state index is 0.0263. The van der Waals surface area contributed by atoms with Crippen molar-refractivity contribution in [1.29, 1.82) is 0 Å². The molecule has 0 saturated carbocycles. The van der Waals surface area contributed by atoms with E-state index in [1.807, 2.05) is 27.7 Å². The number of hydrogen-bond acceptors (Lipinski definition) is 4. The van der Waals surface area contributed by atoms with Crippen LogP contribution in [0.2, 0.25) is 0 Å². The van der Waals surface area contributed by atoms with E-state index >= 15 is 0 Å². The number of rotatable bonds is 8. The van der Waals surface area contributed by atoms with Gasteiger partial charge < -0.3 is 19.6 Å². The first-order valence-corrected chi connectivity index (χ1v) is 9.18. The van der Waals surface area contributed by atoms with Crippen LogP contribution >= 0.6 is 0 Å². The van der Waals surface area contributed by atoms with E-state index < -0.39 is 17.2 Å². The second kappa shape index (κ2) is 9.21. The number of carbonyl (C=O) groups excluding carboxylic acids is 2. The van der Waals surface area contributed by atoms with Crippen molar-refractivity contribution in [3.63, 3.8) is 0 Å². The second-order valence-electron chi connectivity index (χ2n) is 6.99. The van der Waals surface area contributed by atoms with E-state index in [0.717, 1.165) is 6.42 Å². The lowest BCUT2D eigenvalue weighted by atomic mass is 10.1. The van der Waals surface area contributed by atoms with Crippen LogP contribution in [0.15, 0.2) is 40.0 Å². The third-order valence-electron chi connectivity index (χ3n) is 4.31. The van der Waals surface area contributed by atoms with Gasteiger partial charge in [0.05, 0.1) is 12.8 Å². The molecular formula is C20H27N3O4. The maximum Gasteiger partial charge on any atom is 0.257 e. The van der Waals surface area contributed by atoms with Gasteiger partial charge in [0.2, 0.25) is 5.43 Å². The van der Waals surface area contributed by atoms with Gasteiger partial charge in [-0.05, 0) is 31.4 Å². The van der Waals surface area contributed by atoms with Gasteiger partial charge >= 0.3 is 0 Å². The van der Waals surface area contributed by atoms with Crippen LogP contribution in [0.3, 0.4) is 0 Å². The van der Waals surface area contributed by atoms with Gasteiger partial charge in [-0.3, -0.25) is 14.4 Å². The summed E-state index contributed by atoms with van der Waals surface area (Å²) in [6.07, 6.45) is 5.34. The molecule has 0 fully saturated rings. The number of carbonyl (C=O) groups is 2. The topological polar surface area (TPSA) is 93.3 Å². The monoisotopic (exact) mass is 373 g/mol. The Kier molecular flexibility index (Phi) is 6.98. The molecule has 2 aromatic rings. The molecule has 0 saturated heterocycles. The first-order chi connectivity index (χ1) is 12.8. The zero-order valence-corrected chi connectivity index (χ0v) is 16.2. The number of nitrogens with zero attached hydrogens (tertiary/aromatic N) is 1. The van der Waals surface area contributed by atoms with E-state index in [0.29, 0.717) is 12.3 Å². The molecule has 0 spiro atoms. The number of amides is 2. The summed E-state index contributed by atoms with van der Waals surface area (Å²) in [6.45, 7) is 8.52. The molecule has 0 aliphatic carbocycles. The Morgan fingerprint density at radius 3 is 2.26 bits per heavy atom. The summed E-state index contributed by atoms with van der Waals surface area (Å²) >= 11 is 0. The fourth-order valence-electron chi connectivity index (χ4n) is 2.45. The molecule has 0 aromatic carbocycles. The van der Waals surface area contributed by atoms with Gasteiger partial charge in [0.15, 0.2) is 0 Å². The summed E-state index contributed by atoms with van der Waals surface area (Å²) in [7, 11) is 0. The molecule has 7 heteroatoms. The smallest absolute Gasteiger partial charge is 0.257 e. The minimum Gasteiger partial charge on any atom is -0.467 e. The lowest BCUT2D eigenvalue weighted by molar-refractivity contribution is 0.0944. The van der Waals surface area contributed by atoms with E-state index in [1.54, 1.807) is 16.7 Å². The first kappa shape index (κ1) is 20.5. The SMILES string of the molecule is CC[C@@H](C)n1cc(C(=O)NCc2ccco2)c(=O)c(C(=O)NCC(C)C)c1.